The van der Waals surface area contributed by atoms with Gasteiger partial charge in [0.25, 0.3) is 0 Å². The SMILES string of the molecule is CCCCOC(=O)CNS(=O)(=O)c1c(C)cc(OC)c(C)c1C. The number of hydrogen-bond acceptors (Lipinski definition) is 5. The number of benzene rings is 1. The molecule has 1 aromatic rings. The number of ether oxygens (including phenoxy) is 2. The third kappa shape index (κ3) is 4.94. The van der Waals surface area contributed by atoms with Gasteiger partial charge in [0.05, 0.1) is 18.6 Å². The monoisotopic (exact) mass is 343 g/mol. The van der Waals surface area contributed by atoms with E-state index in [0.29, 0.717) is 23.5 Å². The maximum Gasteiger partial charge on any atom is 0.321 e. The minimum absolute atomic E-state index is 0.178. The highest BCUT2D eigenvalue weighted by atomic mass is 32.2. The predicted octanol–water partition coefficient (Wildman–Crippen LogP) is 2.24. The summed E-state index contributed by atoms with van der Waals surface area (Å²) in [6, 6.07) is 1.68. The van der Waals surface area contributed by atoms with Gasteiger partial charge in [0, 0.05) is 0 Å². The van der Waals surface area contributed by atoms with Crippen LogP contribution in [0, 0.1) is 20.8 Å². The summed E-state index contributed by atoms with van der Waals surface area (Å²) in [6.45, 7) is 7.12. The topological polar surface area (TPSA) is 81.7 Å². The molecule has 0 bridgehead atoms. The Hall–Kier alpha value is -1.60. The van der Waals surface area contributed by atoms with Gasteiger partial charge < -0.3 is 9.47 Å². The molecule has 0 aliphatic carbocycles. The molecule has 0 heterocycles. The van der Waals surface area contributed by atoms with Crippen LogP contribution in [0.1, 0.15) is 36.5 Å². The van der Waals surface area contributed by atoms with E-state index in [1.807, 2.05) is 6.92 Å². The van der Waals surface area contributed by atoms with Crippen molar-refractivity contribution in [3.63, 3.8) is 0 Å². The number of hydrogen-bond donors (Lipinski definition) is 1. The molecule has 0 atom stereocenters. The van der Waals surface area contributed by atoms with E-state index in [0.717, 1.165) is 18.4 Å². The number of methoxy groups -OCH3 is 1. The molecule has 0 aromatic heterocycles. The summed E-state index contributed by atoms with van der Waals surface area (Å²) < 4.78 is 37.5. The Morgan fingerprint density at radius 1 is 1.22 bits per heavy atom. The lowest BCUT2D eigenvalue weighted by Gasteiger charge is -2.16. The zero-order valence-corrected chi connectivity index (χ0v) is 15.2. The number of nitrogens with one attached hydrogen (secondary N) is 1. The van der Waals surface area contributed by atoms with Crippen LogP contribution in [0.25, 0.3) is 0 Å². The average Bonchev–Trinajstić information content (AvgIpc) is 2.49. The van der Waals surface area contributed by atoms with Crippen molar-refractivity contribution >= 4 is 16.0 Å². The van der Waals surface area contributed by atoms with Gasteiger partial charge in [0.2, 0.25) is 10.0 Å². The van der Waals surface area contributed by atoms with E-state index in [9.17, 15) is 13.2 Å². The summed E-state index contributed by atoms with van der Waals surface area (Å²) in [7, 11) is -2.26. The fourth-order valence-corrected chi connectivity index (χ4v) is 3.75. The van der Waals surface area contributed by atoms with E-state index < -0.39 is 16.0 Å². The smallest absolute Gasteiger partial charge is 0.321 e. The van der Waals surface area contributed by atoms with Crippen molar-refractivity contribution < 1.29 is 22.7 Å². The minimum Gasteiger partial charge on any atom is -0.496 e. The quantitative estimate of drug-likeness (QED) is 0.578. The Morgan fingerprint density at radius 2 is 1.87 bits per heavy atom. The lowest BCUT2D eigenvalue weighted by Crippen LogP contribution is -2.32. The summed E-state index contributed by atoms with van der Waals surface area (Å²) in [5.41, 5.74) is 1.93. The van der Waals surface area contributed by atoms with Crippen molar-refractivity contribution in [1.82, 2.24) is 4.72 Å². The molecule has 1 aromatic carbocycles. The summed E-state index contributed by atoms with van der Waals surface area (Å²) in [5.74, 6) is 0.0560. The van der Waals surface area contributed by atoms with Gasteiger partial charge in [-0.25, -0.2) is 8.42 Å². The highest BCUT2D eigenvalue weighted by molar-refractivity contribution is 7.89. The number of esters is 1. The average molecular weight is 343 g/mol. The second-order valence-electron chi connectivity index (χ2n) is 5.37. The molecule has 7 heteroatoms. The second kappa shape index (κ2) is 8.31. The number of rotatable bonds is 8. The van der Waals surface area contributed by atoms with Crippen molar-refractivity contribution in [3.05, 3.63) is 22.8 Å². The first-order chi connectivity index (χ1) is 10.7. The van der Waals surface area contributed by atoms with Gasteiger partial charge in [-0.3, -0.25) is 4.79 Å². The highest BCUT2D eigenvalue weighted by Gasteiger charge is 2.23. The van der Waals surface area contributed by atoms with Gasteiger partial charge in [-0.05, 0) is 49.9 Å². The molecule has 0 aliphatic heterocycles. The summed E-state index contributed by atoms with van der Waals surface area (Å²) in [6.07, 6.45) is 1.66. The van der Waals surface area contributed by atoms with Gasteiger partial charge in [-0.15, -0.1) is 0 Å². The number of carbonyl (C=O) groups is 1. The maximum atomic E-state index is 12.5. The largest absolute Gasteiger partial charge is 0.496 e. The van der Waals surface area contributed by atoms with Gasteiger partial charge in [0.15, 0.2) is 0 Å². The third-order valence-electron chi connectivity index (χ3n) is 3.63. The fourth-order valence-electron chi connectivity index (χ4n) is 2.25. The summed E-state index contributed by atoms with van der Waals surface area (Å²) in [4.78, 5) is 11.7. The zero-order chi connectivity index (χ0) is 17.6. The van der Waals surface area contributed by atoms with Crippen LogP contribution in [-0.2, 0) is 19.6 Å². The lowest BCUT2D eigenvalue weighted by atomic mass is 10.1. The van der Waals surface area contributed by atoms with Crippen LogP contribution < -0.4 is 9.46 Å². The molecule has 0 unspecified atom stereocenters. The Balaban J connectivity index is 2.93. The molecule has 0 fully saturated rings. The number of aryl methyl sites for hydroxylation is 1. The van der Waals surface area contributed by atoms with Crippen LogP contribution in [0.2, 0.25) is 0 Å². The molecule has 0 aliphatic rings. The van der Waals surface area contributed by atoms with Crippen LogP contribution in [0.15, 0.2) is 11.0 Å². The van der Waals surface area contributed by atoms with Crippen LogP contribution in [-0.4, -0.2) is 34.6 Å². The molecule has 0 saturated heterocycles. The Labute approximate surface area is 138 Å². The number of carbonyl (C=O) groups excluding carboxylic acids is 1. The van der Waals surface area contributed by atoms with Crippen LogP contribution in [0.5, 0.6) is 5.75 Å². The first-order valence-corrected chi connectivity index (χ1v) is 9.03. The lowest BCUT2D eigenvalue weighted by molar-refractivity contribution is -0.142. The van der Waals surface area contributed by atoms with Crippen molar-refractivity contribution in [3.8, 4) is 5.75 Å². The molecule has 130 valence electrons. The van der Waals surface area contributed by atoms with Gasteiger partial charge in [-0.1, -0.05) is 13.3 Å². The van der Waals surface area contributed by atoms with E-state index in [1.165, 1.54) is 0 Å². The van der Waals surface area contributed by atoms with Crippen molar-refractivity contribution in [2.24, 2.45) is 0 Å². The molecule has 0 amide bonds. The van der Waals surface area contributed by atoms with Gasteiger partial charge >= 0.3 is 5.97 Å². The first-order valence-electron chi connectivity index (χ1n) is 7.54. The first kappa shape index (κ1) is 19.4. The molecule has 0 saturated carbocycles. The highest BCUT2D eigenvalue weighted by Crippen LogP contribution is 2.30. The van der Waals surface area contributed by atoms with Crippen molar-refractivity contribution in [2.45, 2.75) is 45.4 Å². The van der Waals surface area contributed by atoms with Crippen molar-refractivity contribution in [1.29, 1.82) is 0 Å². The second-order valence-corrected chi connectivity index (χ2v) is 7.08. The van der Waals surface area contributed by atoms with Crippen LogP contribution in [0.3, 0.4) is 0 Å². The Morgan fingerprint density at radius 3 is 2.43 bits per heavy atom. The van der Waals surface area contributed by atoms with Gasteiger partial charge in [-0.2, -0.15) is 4.72 Å². The molecule has 23 heavy (non-hydrogen) atoms. The number of unbranched alkanes of at least 4 members (excludes halogenated alkanes) is 1. The normalized spacial score (nSPS) is 11.3. The van der Waals surface area contributed by atoms with E-state index in [-0.39, 0.29) is 11.4 Å². The van der Waals surface area contributed by atoms with E-state index in [4.69, 9.17) is 9.47 Å². The van der Waals surface area contributed by atoms with E-state index in [2.05, 4.69) is 4.72 Å². The molecule has 0 radical (unpaired) electrons. The molecular weight excluding hydrogens is 318 g/mol. The van der Waals surface area contributed by atoms with Gasteiger partial charge in [0.1, 0.15) is 12.3 Å². The standard InChI is InChI=1S/C16H25NO5S/c1-6-7-8-22-15(18)10-17-23(19,20)16-11(2)9-14(21-5)12(3)13(16)4/h9,17H,6-8,10H2,1-5H3. The third-order valence-corrected chi connectivity index (χ3v) is 5.32. The summed E-state index contributed by atoms with van der Waals surface area (Å²) >= 11 is 0. The molecule has 0 spiro atoms. The zero-order valence-electron chi connectivity index (χ0n) is 14.4. The molecule has 1 N–H and O–H groups in total. The van der Waals surface area contributed by atoms with Crippen LogP contribution >= 0.6 is 0 Å². The van der Waals surface area contributed by atoms with Crippen molar-refractivity contribution in [2.75, 3.05) is 20.3 Å². The molecule has 6 nitrogen and oxygen atoms in total. The van der Waals surface area contributed by atoms with E-state index in [1.54, 1.807) is 33.9 Å². The molecule has 1 rings (SSSR count). The summed E-state index contributed by atoms with van der Waals surface area (Å²) in [5, 5.41) is 0. The minimum atomic E-state index is -3.80. The fraction of sp³-hybridized carbons (Fsp3) is 0.562. The Kier molecular flexibility index (Phi) is 7.02. The maximum absolute atomic E-state index is 12.5. The number of sulfonamides is 1. The predicted molar refractivity (Wildman–Crippen MR) is 88.3 cm³/mol. The van der Waals surface area contributed by atoms with E-state index >= 15 is 0 Å². The van der Waals surface area contributed by atoms with Crippen LogP contribution in [0.4, 0.5) is 0 Å². The Bertz CT molecular complexity index is 668. The molecular formula is C16H25NO5S.